The van der Waals surface area contributed by atoms with Crippen molar-refractivity contribution >= 4 is 29.7 Å². The number of carbonyl (C=O) groups excluding carboxylic acids is 2. The van der Waals surface area contributed by atoms with Gasteiger partial charge >= 0.3 is 12.0 Å². The van der Waals surface area contributed by atoms with Gasteiger partial charge in [0.1, 0.15) is 11.5 Å². The molecule has 0 radical (unpaired) electrons. The molecule has 178 valence electrons. The number of hydrogen-bond donors (Lipinski definition) is 2. The normalized spacial score (nSPS) is 11.9. The Morgan fingerprint density at radius 2 is 2.00 bits per heavy atom. The van der Waals surface area contributed by atoms with Crippen LogP contribution < -0.4 is 15.0 Å². The molecule has 1 aromatic heterocycles. The Labute approximate surface area is 199 Å². The van der Waals surface area contributed by atoms with E-state index < -0.39 is 6.03 Å². The Bertz CT molecular complexity index is 1010. The second-order valence-corrected chi connectivity index (χ2v) is 7.81. The lowest BCUT2D eigenvalue weighted by molar-refractivity contribution is 0.111. The van der Waals surface area contributed by atoms with Crippen molar-refractivity contribution in [3.05, 3.63) is 64.0 Å². The van der Waals surface area contributed by atoms with Gasteiger partial charge in [0.2, 0.25) is 0 Å². The maximum atomic E-state index is 12.7. The van der Waals surface area contributed by atoms with E-state index >= 15 is 0 Å². The number of ether oxygens (including phenoxy) is 1. The number of rotatable bonds is 11. The van der Waals surface area contributed by atoms with Gasteiger partial charge < -0.3 is 15.2 Å². The first-order chi connectivity index (χ1) is 15.8. The molecule has 9 heteroatoms. The van der Waals surface area contributed by atoms with Crippen LogP contribution in [0.5, 0.6) is 6.01 Å². The van der Waals surface area contributed by atoms with Crippen molar-refractivity contribution in [1.29, 1.82) is 0 Å². The predicted molar refractivity (Wildman–Crippen MR) is 130 cm³/mol. The molecule has 0 saturated carbocycles. The molecule has 2 rings (SSSR count). The fourth-order valence-corrected chi connectivity index (χ4v) is 3.21. The standard InChI is InChI=1S/C24H31ClN4O4/c1-5-17(3)14-18(4)33-24-27-22(28(6-2)23(32)26-12-7-13-30)21(16-31)29(24)15-19-8-10-20(25)11-9-19/h5,8-11,14,16,30H,6-7,12-13,15H2,1-4H3,(H,26,32)/b17-5-,18-14+. The van der Waals surface area contributed by atoms with Gasteiger partial charge in [-0.05, 0) is 57.9 Å². The summed E-state index contributed by atoms with van der Waals surface area (Å²) in [6.45, 7) is 8.33. The lowest BCUT2D eigenvalue weighted by Crippen LogP contribution is -2.41. The summed E-state index contributed by atoms with van der Waals surface area (Å²) in [5.74, 6) is 0.793. The van der Waals surface area contributed by atoms with Crippen LogP contribution in [0.3, 0.4) is 0 Å². The summed E-state index contributed by atoms with van der Waals surface area (Å²) in [5, 5.41) is 12.3. The molecular formula is C24H31ClN4O4. The maximum Gasteiger partial charge on any atom is 0.323 e. The van der Waals surface area contributed by atoms with Gasteiger partial charge in [0.05, 0.1) is 6.54 Å². The number of aromatic nitrogens is 2. The van der Waals surface area contributed by atoms with Gasteiger partial charge in [-0.3, -0.25) is 14.3 Å². The third-order valence-electron chi connectivity index (χ3n) is 4.88. The molecular weight excluding hydrogens is 444 g/mol. The molecule has 2 amide bonds. The van der Waals surface area contributed by atoms with Crippen LogP contribution in [0.15, 0.2) is 47.7 Å². The van der Waals surface area contributed by atoms with Crippen LogP contribution in [-0.4, -0.2) is 46.7 Å². The SMILES string of the molecule is C/C=C(C)\C=C(/C)Oc1nc(N(CC)C(=O)NCCCO)c(C=O)n1Cc1ccc(Cl)cc1. The minimum absolute atomic E-state index is 0.0308. The number of anilines is 1. The first-order valence-electron chi connectivity index (χ1n) is 10.8. The molecule has 0 aliphatic rings. The van der Waals surface area contributed by atoms with Gasteiger partial charge in [-0.15, -0.1) is 0 Å². The van der Waals surface area contributed by atoms with Crippen LogP contribution in [0.4, 0.5) is 10.6 Å². The zero-order valence-corrected chi connectivity index (χ0v) is 20.2. The third kappa shape index (κ3) is 7.20. The number of imidazole rings is 1. The molecule has 0 spiro atoms. The smallest absolute Gasteiger partial charge is 0.323 e. The Balaban J connectivity index is 2.52. The van der Waals surface area contributed by atoms with Crippen LogP contribution >= 0.6 is 11.6 Å². The van der Waals surface area contributed by atoms with Crippen LogP contribution in [0.25, 0.3) is 0 Å². The summed E-state index contributed by atoms with van der Waals surface area (Å²) in [4.78, 5) is 30.8. The highest BCUT2D eigenvalue weighted by molar-refractivity contribution is 6.30. The van der Waals surface area contributed by atoms with Crippen LogP contribution in [-0.2, 0) is 6.54 Å². The summed E-state index contributed by atoms with van der Waals surface area (Å²) < 4.78 is 7.64. The van der Waals surface area contributed by atoms with Gasteiger partial charge in [0.15, 0.2) is 12.1 Å². The van der Waals surface area contributed by atoms with Crippen molar-refractivity contribution in [2.45, 2.75) is 40.7 Å². The zero-order valence-electron chi connectivity index (χ0n) is 19.5. The highest BCUT2D eigenvalue weighted by Gasteiger charge is 2.26. The number of aliphatic hydroxyl groups excluding tert-OH is 1. The molecule has 33 heavy (non-hydrogen) atoms. The molecule has 2 N–H and O–H groups in total. The molecule has 1 heterocycles. The van der Waals surface area contributed by atoms with E-state index in [4.69, 9.17) is 21.4 Å². The van der Waals surface area contributed by atoms with Gasteiger partial charge in [0, 0.05) is 24.7 Å². The molecule has 0 bridgehead atoms. The number of nitrogens with zero attached hydrogens (tertiary/aromatic N) is 3. The van der Waals surface area contributed by atoms with Gasteiger partial charge in [0.25, 0.3) is 0 Å². The van der Waals surface area contributed by atoms with Crippen molar-refractivity contribution in [2.75, 3.05) is 24.6 Å². The van der Waals surface area contributed by atoms with E-state index in [0.717, 1.165) is 11.1 Å². The lowest BCUT2D eigenvalue weighted by atomic mass is 10.2. The topological polar surface area (TPSA) is 96.7 Å². The van der Waals surface area contributed by atoms with Crippen LogP contribution in [0, 0.1) is 0 Å². The van der Waals surface area contributed by atoms with Gasteiger partial charge in [-0.25, -0.2) is 4.79 Å². The van der Waals surface area contributed by atoms with Crippen molar-refractivity contribution in [3.63, 3.8) is 0 Å². The van der Waals surface area contributed by atoms with Crippen LogP contribution in [0.2, 0.25) is 5.02 Å². The maximum absolute atomic E-state index is 12.7. The van der Waals surface area contributed by atoms with Crippen molar-refractivity contribution in [2.24, 2.45) is 0 Å². The zero-order chi connectivity index (χ0) is 24.4. The number of benzene rings is 1. The molecule has 0 aliphatic heterocycles. The summed E-state index contributed by atoms with van der Waals surface area (Å²) in [6.07, 6.45) is 4.91. The number of amides is 2. The van der Waals surface area contributed by atoms with Crippen molar-refractivity contribution in [3.8, 4) is 6.01 Å². The van der Waals surface area contributed by atoms with Crippen LogP contribution in [0.1, 0.15) is 50.2 Å². The first kappa shape index (κ1) is 26.2. The average molecular weight is 475 g/mol. The lowest BCUT2D eigenvalue weighted by Gasteiger charge is -2.19. The summed E-state index contributed by atoms with van der Waals surface area (Å²) >= 11 is 6.01. The summed E-state index contributed by atoms with van der Waals surface area (Å²) in [5.41, 5.74) is 2.12. The fraction of sp³-hybridized carbons (Fsp3) is 0.375. The second-order valence-electron chi connectivity index (χ2n) is 7.38. The Morgan fingerprint density at radius 1 is 1.30 bits per heavy atom. The quantitative estimate of drug-likeness (QED) is 0.215. The Kier molecular flexibility index (Phi) is 10.2. The fourth-order valence-electron chi connectivity index (χ4n) is 3.09. The van der Waals surface area contributed by atoms with E-state index in [0.29, 0.717) is 36.6 Å². The molecule has 2 aromatic rings. The van der Waals surface area contributed by atoms with Gasteiger partial charge in [-0.1, -0.05) is 35.4 Å². The van der Waals surface area contributed by atoms with E-state index in [-0.39, 0.29) is 30.7 Å². The average Bonchev–Trinajstić information content (AvgIpc) is 3.12. The second kappa shape index (κ2) is 12.8. The first-order valence-corrected chi connectivity index (χ1v) is 11.2. The summed E-state index contributed by atoms with van der Waals surface area (Å²) in [6, 6.07) is 7.03. The number of aliphatic hydroxyl groups is 1. The van der Waals surface area contributed by atoms with Gasteiger partial charge in [-0.2, -0.15) is 4.98 Å². The van der Waals surface area contributed by atoms with E-state index in [1.165, 1.54) is 4.90 Å². The van der Waals surface area contributed by atoms with E-state index in [1.54, 1.807) is 30.5 Å². The largest absolute Gasteiger partial charge is 0.430 e. The minimum Gasteiger partial charge on any atom is -0.430 e. The number of hydrogen-bond acceptors (Lipinski definition) is 5. The highest BCUT2D eigenvalue weighted by atomic mass is 35.5. The monoisotopic (exact) mass is 474 g/mol. The summed E-state index contributed by atoms with van der Waals surface area (Å²) in [7, 11) is 0. The number of nitrogens with one attached hydrogen (secondary N) is 1. The number of carbonyl (C=O) groups is 2. The Morgan fingerprint density at radius 3 is 2.58 bits per heavy atom. The molecule has 0 aliphatic carbocycles. The van der Waals surface area contributed by atoms with E-state index in [2.05, 4.69) is 10.3 Å². The Hall–Kier alpha value is -3.10. The molecule has 0 fully saturated rings. The van der Waals surface area contributed by atoms with Crippen molar-refractivity contribution < 1.29 is 19.4 Å². The number of aldehydes is 1. The highest BCUT2D eigenvalue weighted by Crippen LogP contribution is 2.28. The molecule has 0 unspecified atom stereocenters. The minimum atomic E-state index is -0.409. The predicted octanol–water partition coefficient (Wildman–Crippen LogP) is 4.56. The third-order valence-corrected chi connectivity index (χ3v) is 5.14. The van der Waals surface area contributed by atoms with E-state index in [1.807, 2.05) is 38.1 Å². The van der Waals surface area contributed by atoms with E-state index in [9.17, 15) is 9.59 Å². The number of halogens is 1. The molecule has 0 atom stereocenters. The number of urea groups is 1. The van der Waals surface area contributed by atoms with Crippen molar-refractivity contribution in [1.82, 2.24) is 14.9 Å². The molecule has 1 aromatic carbocycles. The molecule has 8 nitrogen and oxygen atoms in total. The number of allylic oxidation sites excluding steroid dienone is 4. The molecule has 0 saturated heterocycles.